The van der Waals surface area contributed by atoms with E-state index in [0.29, 0.717) is 37.2 Å². The first-order valence-corrected chi connectivity index (χ1v) is 8.02. The Morgan fingerprint density at radius 2 is 1.96 bits per heavy atom. The summed E-state index contributed by atoms with van der Waals surface area (Å²) < 4.78 is 0. The number of nitrogens with zero attached hydrogens (tertiary/aromatic N) is 2. The van der Waals surface area contributed by atoms with E-state index in [9.17, 15) is 19.5 Å². The molecule has 1 aromatic carbocycles. The lowest BCUT2D eigenvalue weighted by Gasteiger charge is -2.33. The highest BCUT2D eigenvalue weighted by atomic mass is 16.4. The number of likely N-dealkylation sites (tertiary alicyclic amines) is 1. The van der Waals surface area contributed by atoms with Crippen LogP contribution in [-0.4, -0.2) is 46.9 Å². The number of carboxylic acid groups (broad SMARTS) is 1. The van der Waals surface area contributed by atoms with E-state index in [0.717, 1.165) is 19.3 Å². The normalized spacial score (nSPS) is 21.6. The van der Waals surface area contributed by atoms with Crippen LogP contribution in [0, 0.1) is 0 Å². The molecule has 2 saturated heterocycles. The maximum absolute atomic E-state index is 12.7. The number of rotatable bonds is 3. The quantitative estimate of drug-likeness (QED) is 0.924. The molecule has 0 aromatic heterocycles. The lowest BCUT2D eigenvalue weighted by atomic mass is 10.0. The number of hydrogen-bond donors (Lipinski definition) is 1. The van der Waals surface area contributed by atoms with E-state index < -0.39 is 12.0 Å². The molecule has 6 nitrogen and oxygen atoms in total. The van der Waals surface area contributed by atoms with Crippen molar-refractivity contribution in [3.05, 3.63) is 29.8 Å². The molecule has 0 bridgehead atoms. The molecule has 2 aliphatic rings. The van der Waals surface area contributed by atoms with Gasteiger partial charge in [-0.25, -0.2) is 4.79 Å². The predicted octanol–water partition coefficient (Wildman–Crippen LogP) is 1.89. The Hall–Kier alpha value is -2.37. The van der Waals surface area contributed by atoms with E-state index in [1.165, 1.54) is 4.90 Å². The summed E-state index contributed by atoms with van der Waals surface area (Å²) in [5, 5.41) is 9.32. The average Bonchev–Trinajstić information content (AvgIpc) is 3.00. The standard InChI is InChI=1S/C17H20N2O4/c20-15-8-4-10-18(15)13-6-3-5-12(11-13)16(21)19-9-2-1-7-14(19)17(22)23/h3,5-6,11,14H,1-2,4,7-10H2,(H,22,23)/t14-/m0/s1. The van der Waals surface area contributed by atoms with Gasteiger partial charge in [0.1, 0.15) is 6.04 Å². The molecule has 2 heterocycles. The van der Waals surface area contributed by atoms with Gasteiger partial charge in [0.2, 0.25) is 5.91 Å². The van der Waals surface area contributed by atoms with Gasteiger partial charge in [0.05, 0.1) is 0 Å². The van der Waals surface area contributed by atoms with Crippen molar-refractivity contribution in [2.45, 2.75) is 38.1 Å². The van der Waals surface area contributed by atoms with Gasteiger partial charge in [0, 0.05) is 30.8 Å². The van der Waals surface area contributed by atoms with E-state index in [-0.39, 0.29) is 11.8 Å². The second-order valence-corrected chi connectivity index (χ2v) is 6.05. The zero-order valence-corrected chi connectivity index (χ0v) is 12.9. The van der Waals surface area contributed by atoms with Gasteiger partial charge < -0.3 is 14.9 Å². The van der Waals surface area contributed by atoms with E-state index in [2.05, 4.69) is 0 Å². The Bertz CT molecular complexity index is 643. The minimum Gasteiger partial charge on any atom is -0.480 e. The monoisotopic (exact) mass is 316 g/mol. The molecule has 1 aromatic rings. The minimum absolute atomic E-state index is 0.0657. The van der Waals surface area contributed by atoms with Crippen LogP contribution >= 0.6 is 0 Å². The maximum Gasteiger partial charge on any atom is 0.326 e. The second kappa shape index (κ2) is 6.40. The Kier molecular flexibility index (Phi) is 4.32. The van der Waals surface area contributed by atoms with Crippen LogP contribution in [0.2, 0.25) is 0 Å². The van der Waals surface area contributed by atoms with Gasteiger partial charge in [-0.05, 0) is 43.9 Å². The topological polar surface area (TPSA) is 77.9 Å². The van der Waals surface area contributed by atoms with Crippen molar-refractivity contribution in [2.24, 2.45) is 0 Å². The van der Waals surface area contributed by atoms with Gasteiger partial charge in [-0.1, -0.05) is 6.07 Å². The largest absolute Gasteiger partial charge is 0.480 e. The molecular weight excluding hydrogens is 296 g/mol. The van der Waals surface area contributed by atoms with Crippen molar-refractivity contribution in [3.63, 3.8) is 0 Å². The maximum atomic E-state index is 12.7. The third-order valence-electron chi connectivity index (χ3n) is 4.53. The molecule has 122 valence electrons. The molecule has 3 rings (SSSR count). The van der Waals surface area contributed by atoms with Gasteiger partial charge in [0.25, 0.3) is 5.91 Å². The Balaban J connectivity index is 1.84. The Labute approximate surface area is 134 Å². The number of carboxylic acids is 1. The van der Waals surface area contributed by atoms with Crippen molar-refractivity contribution in [1.82, 2.24) is 4.90 Å². The van der Waals surface area contributed by atoms with Crippen molar-refractivity contribution in [1.29, 1.82) is 0 Å². The molecule has 0 aliphatic carbocycles. The van der Waals surface area contributed by atoms with E-state index in [4.69, 9.17) is 0 Å². The number of amides is 2. The van der Waals surface area contributed by atoms with E-state index in [1.807, 2.05) is 6.07 Å². The highest BCUT2D eigenvalue weighted by Gasteiger charge is 2.32. The first-order chi connectivity index (χ1) is 11.1. The third kappa shape index (κ3) is 3.06. The van der Waals surface area contributed by atoms with Crippen molar-refractivity contribution in [3.8, 4) is 0 Å². The first-order valence-electron chi connectivity index (χ1n) is 8.02. The fraction of sp³-hybridized carbons (Fsp3) is 0.471. The summed E-state index contributed by atoms with van der Waals surface area (Å²) in [6, 6.07) is 6.17. The number of hydrogen-bond acceptors (Lipinski definition) is 3. The van der Waals surface area contributed by atoms with Crippen molar-refractivity contribution in [2.75, 3.05) is 18.0 Å². The highest BCUT2D eigenvalue weighted by molar-refractivity contribution is 6.00. The molecule has 0 spiro atoms. The fourth-order valence-electron chi connectivity index (χ4n) is 3.33. The van der Waals surface area contributed by atoms with Crippen molar-refractivity contribution < 1.29 is 19.5 Å². The summed E-state index contributed by atoms with van der Waals surface area (Å²) in [4.78, 5) is 39.1. The molecule has 6 heteroatoms. The van der Waals surface area contributed by atoms with Gasteiger partial charge >= 0.3 is 5.97 Å². The summed E-state index contributed by atoms with van der Waals surface area (Å²) in [7, 11) is 0. The van der Waals surface area contributed by atoms with Crippen LogP contribution in [0.25, 0.3) is 0 Å². The number of anilines is 1. The molecule has 23 heavy (non-hydrogen) atoms. The number of benzene rings is 1. The Morgan fingerprint density at radius 1 is 1.13 bits per heavy atom. The first kappa shape index (κ1) is 15.5. The summed E-state index contributed by atoms with van der Waals surface area (Å²) >= 11 is 0. The van der Waals surface area contributed by atoms with Crippen LogP contribution < -0.4 is 4.90 Å². The predicted molar refractivity (Wildman–Crippen MR) is 84.3 cm³/mol. The number of carbonyl (C=O) groups excluding carboxylic acids is 2. The van der Waals surface area contributed by atoms with Crippen LogP contribution in [0.1, 0.15) is 42.5 Å². The summed E-state index contributed by atoms with van der Waals surface area (Å²) in [6.07, 6.45) is 3.49. The second-order valence-electron chi connectivity index (χ2n) is 6.05. The molecule has 2 amide bonds. The van der Waals surface area contributed by atoms with Gasteiger partial charge in [-0.15, -0.1) is 0 Å². The van der Waals surface area contributed by atoms with Crippen LogP contribution in [0.5, 0.6) is 0 Å². The molecule has 1 N–H and O–H groups in total. The minimum atomic E-state index is -0.955. The van der Waals surface area contributed by atoms with E-state index in [1.54, 1.807) is 23.1 Å². The summed E-state index contributed by atoms with van der Waals surface area (Å²) in [6.45, 7) is 1.13. The van der Waals surface area contributed by atoms with Crippen LogP contribution in [0.15, 0.2) is 24.3 Å². The van der Waals surface area contributed by atoms with Gasteiger partial charge in [0.15, 0.2) is 0 Å². The molecule has 0 radical (unpaired) electrons. The van der Waals surface area contributed by atoms with E-state index >= 15 is 0 Å². The smallest absolute Gasteiger partial charge is 0.326 e. The molecular formula is C17H20N2O4. The summed E-state index contributed by atoms with van der Waals surface area (Å²) in [5.74, 6) is -1.16. The lowest BCUT2D eigenvalue weighted by Crippen LogP contribution is -2.48. The third-order valence-corrected chi connectivity index (χ3v) is 4.53. The number of piperidine rings is 1. The number of carbonyl (C=O) groups is 3. The van der Waals surface area contributed by atoms with Gasteiger partial charge in [-0.2, -0.15) is 0 Å². The number of aliphatic carboxylic acids is 1. The molecule has 1 atom stereocenters. The molecule has 2 aliphatic heterocycles. The zero-order valence-electron chi connectivity index (χ0n) is 12.9. The zero-order chi connectivity index (χ0) is 16.4. The summed E-state index contributed by atoms with van der Waals surface area (Å²) in [5.41, 5.74) is 1.15. The van der Waals surface area contributed by atoms with Crippen LogP contribution in [-0.2, 0) is 9.59 Å². The lowest BCUT2D eigenvalue weighted by molar-refractivity contribution is -0.143. The SMILES string of the molecule is O=C(O)[C@@H]1CCCCN1C(=O)c1cccc(N2CCCC2=O)c1. The van der Waals surface area contributed by atoms with Crippen LogP contribution in [0.3, 0.4) is 0 Å². The van der Waals surface area contributed by atoms with Crippen LogP contribution in [0.4, 0.5) is 5.69 Å². The molecule has 0 saturated carbocycles. The molecule has 0 unspecified atom stereocenters. The molecule has 2 fully saturated rings. The van der Waals surface area contributed by atoms with Gasteiger partial charge in [-0.3, -0.25) is 9.59 Å². The highest BCUT2D eigenvalue weighted by Crippen LogP contribution is 2.25. The average molecular weight is 316 g/mol. The fourth-order valence-corrected chi connectivity index (χ4v) is 3.33. The van der Waals surface area contributed by atoms with Crippen molar-refractivity contribution >= 4 is 23.5 Å². The Morgan fingerprint density at radius 3 is 2.65 bits per heavy atom.